The highest BCUT2D eigenvalue weighted by Gasteiger charge is 2.41. The molecule has 1 atom stereocenters. The van der Waals surface area contributed by atoms with Crippen molar-refractivity contribution in [2.75, 3.05) is 33.1 Å². The van der Waals surface area contributed by atoms with E-state index in [0.29, 0.717) is 28.6 Å². The number of nitro groups is 1. The van der Waals surface area contributed by atoms with E-state index in [1.54, 1.807) is 31.9 Å². The third kappa shape index (κ3) is 4.65. The lowest BCUT2D eigenvalue weighted by Crippen LogP contribution is -2.33. The number of ether oxygens (including phenoxy) is 2. The van der Waals surface area contributed by atoms with Crippen molar-refractivity contribution in [2.24, 2.45) is 5.73 Å². The van der Waals surface area contributed by atoms with E-state index in [0.717, 1.165) is 0 Å². The number of non-ortho nitro benzene ring substituents is 1. The van der Waals surface area contributed by atoms with Crippen molar-refractivity contribution in [3.63, 3.8) is 0 Å². The van der Waals surface area contributed by atoms with Gasteiger partial charge in [0.15, 0.2) is 0 Å². The Labute approximate surface area is 179 Å². The van der Waals surface area contributed by atoms with Crippen molar-refractivity contribution in [3.05, 3.63) is 61.8 Å². The van der Waals surface area contributed by atoms with E-state index < -0.39 is 22.8 Å². The van der Waals surface area contributed by atoms with Crippen LogP contribution in [0.4, 0.5) is 5.69 Å². The number of benzene rings is 1. The number of methoxy groups -OCH3 is 1. The Hall–Kier alpha value is -2.85. The van der Waals surface area contributed by atoms with E-state index >= 15 is 0 Å². The molecule has 0 bridgehead atoms. The first-order valence-corrected chi connectivity index (χ1v) is 10.3. The van der Waals surface area contributed by atoms with Gasteiger partial charge in [-0.05, 0) is 19.4 Å². The molecule has 1 aromatic rings. The maximum atomic E-state index is 13.0. The number of nitrogens with two attached hydrogens (primary N) is 1. The molecule has 1 aliphatic rings. The molecule has 1 aromatic carbocycles. The third-order valence-electron chi connectivity index (χ3n) is 4.68. The van der Waals surface area contributed by atoms with Gasteiger partial charge in [-0.3, -0.25) is 10.1 Å². The Morgan fingerprint density at radius 1 is 1.30 bits per heavy atom. The van der Waals surface area contributed by atoms with Crippen molar-refractivity contribution in [1.29, 1.82) is 0 Å². The molecule has 1 heterocycles. The van der Waals surface area contributed by atoms with Gasteiger partial charge in [-0.2, -0.15) is 0 Å². The molecule has 1 unspecified atom stereocenters. The van der Waals surface area contributed by atoms with Gasteiger partial charge in [0, 0.05) is 37.2 Å². The summed E-state index contributed by atoms with van der Waals surface area (Å²) in [5.41, 5.74) is 6.96. The highest BCUT2D eigenvalue weighted by molar-refractivity contribution is 8.03. The zero-order valence-electron chi connectivity index (χ0n) is 17.3. The standard InChI is InChI=1S/C20H25N3O6S/c1-5-29-20(25)17-16(13-7-6-8-14(11-13)23(26)27)15(19(24)28-4)12(2)22(3)18(17)30-10-9-21/h6-8,11,16H,5,9-10,21H2,1-4H3. The van der Waals surface area contributed by atoms with Crippen LogP contribution in [-0.2, 0) is 19.1 Å². The van der Waals surface area contributed by atoms with Gasteiger partial charge < -0.3 is 20.1 Å². The predicted octanol–water partition coefficient (Wildman–Crippen LogP) is 2.54. The second kappa shape index (κ2) is 10.3. The summed E-state index contributed by atoms with van der Waals surface area (Å²) >= 11 is 1.36. The number of carbonyl (C=O) groups excluding carboxylic acids is 2. The van der Waals surface area contributed by atoms with Crippen LogP contribution in [-0.4, -0.2) is 54.8 Å². The lowest BCUT2D eigenvalue weighted by atomic mass is 9.81. The summed E-state index contributed by atoms with van der Waals surface area (Å²) in [5.74, 6) is -1.58. The normalized spacial score (nSPS) is 16.6. The molecule has 0 saturated carbocycles. The molecule has 0 radical (unpaired) electrons. The smallest absolute Gasteiger partial charge is 0.337 e. The first kappa shape index (κ1) is 23.4. The molecule has 162 valence electrons. The first-order valence-electron chi connectivity index (χ1n) is 9.29. The maximum Gasteiger partial charge on any atom is 0.337 e. The zero-order chi connectivity index (χ0) is 22.4. The van der Waals surface area contributed by atoms with Crippen LogP contribution in [0, 0.1) is 10.1 Å². The molecule has 0 aromatic heterocycles. The average molecular weight is 436 g/mol. The minimum absolute atomic E-state index is 0.138. The molecule has 1 aliphatic heterocycles. The molecule has 0 saturated heterocycles. The molecular formula is C20H25N3O6S. The van der Waals surface area contributed by atoms with E-state index in [1.165, 1.54) is 37.1 Å². The number of allylic oxidation sites excluding steroid dienone is 1. The molecule has 30 heavy (non-hydrogen) atoms. The van der Waals surface area contributed by atoms with Gasteiger partial charge in [-0.15, -0.1) is 11.8 Å². The SMILES string of the molecule is CCOC(=O)C1=C(SCCN)N(C)C(C)=C(C(=O)OC)C1c1cccc([N+](=O)[O-])c1. The molecule has 0 spiro atoms. The van der Waals surface area contributed by atoms with Crippen LogP contribution < -0.4 is 5.73 Å². The largest absolute Gasteiger partial charge is 0.466 e. The minimum atomic E-state index is -0.882. The lowest BCUT2D eigenvalue weighted by molar-refractivity contribution is -0.384. The quantitative estimate of drug-likeness (QED) is 0.372. The fourth-order valence-corrected chi connectivity index (χ4v) is 4.26. The van der Waals surface area contributed by atoms with Gasteiger partial charge in [0.05, 0.1) is 40.7 Å². The highest BCUT2D eigenvalue weighted by atomic mass is 32.2. The number of nitrogens with zero attached hydrogens (tertiary/aromatic N) is 2. The molecule has 9 nitrogen and oxygen atoms in total. The summed E-state index contributed by atoms with van der Waals surface area (Å²) < 4.78 is 10.3. The summed E-state index contributed by atoms with van der Waals surface area (Å²) in [6.45, 7) is 3.94. The van der Waals surface area contributed by atoms with Crippen molar-refractivity contribution in [2.45, 2.75) is 19.8 Å². The van der Waals surface area contributed by atoms with Crippen LogP contribution >= 0.6 is 11.8 Å². The number of rotatable bonds is 8. The zero-order valence-corrected chi connectivity index (χ0v) is 18.2. The van der Waals surface area contributed by atoms with Crippen LogP contribution in [0.1, 0.15) is 25.3 Å². The molecule has 0 amide bonds. The molecular weight excluding hydrogens is 410 g/mol. The topological polar surface area (TPSA) is 125 Å². The van der Waals surface area contributed by atoms with Gasteiger partial charge in [-0.1, -0.05) is 12.1 Å². The minimum Gasteiger partial charge on any atom is -0.466 e. The Morgan fingerprint density at radius 2 is 2.00 bits per heavy atom. The summed E-state index contributed by atoms with van der Waals surface area (Å²) in [7, 11) is 2.99. The van der Waals surface area contributed by atoms with E-state index in [9.17, 15) is 19.7 Å². The number of nitro benzene ring substituents is 1. The highest BCUT2D eigenvalue weighted by Crippen LogP contribution is 2.45. The van der Waals surface area contributed by atoms with Gasteiger partial charge in [-0.25, -0.2) is 9.59 Å². The van der Waals surface area contributed by atoms with Crippen LogP contribution in [0.2, 0.25) is 0 Å². The van der Waals surface area contributed by atoms with Crippen molar-refractivity contribution in [3.8, 4) is 0 Å². The van der Waals surface area contributed by atoms with Crippen LogP contribution in [0.5, 0.6) is 0 Å². The van der Waals surface area contributed by atoms with Gasteiger partial charge in [0.2, 0.25) is 0 Å². The van der Waals surface area contributed by atoms with Crippen molar-refractivity contribution < 1.29 is 24.0 Å². The lowest BCUT2D eigenvalue weighted by Gasteiger charge is -2.36. The summed E-state index contributed by atoms with van der Waals surface area (Å²) in [6.07, 6.45) is 0. The number of thioether (sulfide) groups is 1. The molecule has 10 heteroatoms. The maximum absolute atomic E-state index is 13.0. The third-order valence-corrected chi connectivity index (χ3v) is 5.88. The Balaban J connectivity index is 2.82. The summed E-state index contributed by atoms with van der Waals surface area (Å²) in [4.78, 5) is 38.3. The van der Waals surface area contributed by atoms with E-state index in [2.05, 4.69) is 0 Å². The van der Waals surface area contributed by atoms with E-state index in [-0.39, 0.29) is 23.4 Å². The predicted molar refractivity (Wildman–Crippen MR) is 113 cm³/mol. The second-order valence-electron chi connectivity index (χ2n) is 6.41. The van der Waals surface area contributed by atoms with Gasteiger partial charge in [0.25, 0.3) is 5.69 Å². The first-order chi connectivity index (χ1) is 14.3. The molecule has 2 rings (SSSR count). The number of hydrogen-bond acceptors (Lipinski definition) is 9. The van der Waals surface area contributed by atoms with Gasteiger partial charge >= 0.3 is 11.9 Å². The number of hydrogen-bond donors (Lipinski definition) is 1. The van der Waals surface area contributed by atoms with E-state index in [1.807, 2.05) is 0 Å². The van der Waals surface area contributed by atoms with Crippen molar-refractivity contribution >= 4 is 29.4 Å². The van der Waals surface area contributed by atoms with Crippen LogP contribution in [0.15, 0.2) is 46.1 Å². The fourth-order valence-electron chi connectivity index (χ4n) is 3.26. The van der Waals surface area contributed by atoms with Gasteiger partial charge in [0.1, 0.15) is 0 Å². The van der Waals surface area contributed by atoms with Crippen LogP contribution in [0.25, 0.3) is 0 Å². The Kier molecular flexibility index (Phi) is 8.01. The summed E-state index contributed by atoms with van der Waals surface area (Å²) in [5, 5.41) is 11.9. The molecule has 0 aliphatic carbocycles. The molecule has 2 N–H and O–H groups in total. The monoisotopic (exact) mass is 435 g/mol. The average Bonchev–Trinajstić information content (AvgIpc) is 2.73. The van der Waals surface area contributed by atoms with Crippen LogP contribution in [0.3, 0.4) is 0 Å². The fraction of sp³-hybridized carbons (Fsp3) is 0.400. The van der Waals surface area contributed by atoms with Crippen molar-refractivity contribution in [1.82, 2.24) is 4.90 Å². The Bertz CT molecular complexity index is 912. The number of esters is 2. The van der Waals surface area contributed by atoms with E-state index in [4.69, 9.17) is 15.2 Å². The molecule has 0 fully saturated rings. The number of carbonyl (C=O) groups is 2. The second-order valence-corrected chi connectivity index (χ2v) is 7.49. The summed E-state index contributed by atoms with van der Waals surface area (Å²) in [6, 6.07) is 5.87. The Morgan fingerprint density at radius 3 is 2.57 bits per heavy atom.